The molecule has 0 aliphatic carbocycles. The number of piperidine rings is 1. The Morgan fingerprint density at radius 3 is 2.30 bits per heavy atom. The molecule has 23 heavy (non-hydrogen) atoms. The van der Waals surface area contributed by atoms with Crippen LogP contribution in [-0.2, 0) is 9.84 Å². The van der Waals surface area contributed by atoms with E-state index >= 15 is 0 Å². The number of nitrogens with zero attached hydrogens (tertiary/aromatic N) is 1. The molecule has 3 rings (SSSR count). The first-order valence-electron chi connectivity index (χ1n) is 7.32. The maximum Gasteiger partial charge on any atom is 0.289 e. The van der Waals surface area contributed by atoms with Crippen LogP contribution in [0.5, 0.6) is 0 Å². The molecular formula is C16H16BrNO4S. The second-order valence-corrected chi connectivity index (χ2v) is 8.46. The monoisotopic (exact) mass is 397 g/mol. The lowest BCUT2D eigenvalue weighted by Crippen LogP contribution is -2.42. The number of furan rings is 1. The predicted octanol–water partition coefficient (Wildman–Crippen LogP) is 3.12. The standard InChI is InChI=1S/C16H16BrNO4S/c17-15-7-6-14(22-15)16(19)18-10-8-13(9-11-18)23(20,21)12-4-2-1-3-5-12/h1-7,13H,8-11H2. The summed E-state index contributed by atoms with van der Waals surface area (Å²) in [6, 6.07) is 11.8. The van der Waals surface area contributed by atoms with Gasteiger partial charge in [-0.2, -0.15) is 0 Å². The molecule has 0 spiro atoms. The molecule has 1 saturated heterocycles. The van der Waals surface area contributed by atoms with E-state index in [1.165, 1.54) is 0 Å². The summed E-state index contributed by atoms with van der Waals surface area (Å²) in [5.74, 6) is 0.0625. The van der Waals surface area contributed by atoms with Gasteiger partial charge in [-0.05, 0) is 53.0 Å². The fourth-order valence-corrected chi connectivity index (χ4v) is 4.82. The number of sulfone groups is 1. The van der Waals surface area contributed by atoms with Gasteiger partial charge in [-0.25, -0.2) is 8.42 Å². The topological polar surface area (TPSA) is 67.6 Å². The quantitative estimate of drug-likeness (QED) is 0.797. The zero-order valence-corrected chi connectivity index (χ0v) is 14.7. The molecule has 0 saturated carbocycles. The largest absolute Gasteiger partial charge is 0.444 e. The van der Waals surface area contributed by atoms with E-state index in [4.69, 9.17) is 4.42 Å². The Balaban J connectivity index is 1.68. The molecule has 0 bridgehead atoms. The molecule has 1 amide bonds. The maximum absolute atomic E-state index is 12.6. The van der Waals surface area contributed by atoms with Crippen LogP contribution >= 0.6 is 15.9 Å². The van der Waals surface area contributed by atoms with Crippen LogP contribution in [0.4, 0.5) is 0 Å². The van der Waals surface area contributed by atoms with Crippen LogP contribution in [0.2, 0.25) is 0 Å². The number of amides is 1. The minimum Gasteiger partial charge on any atom is -0.444 e. The molecule has 0 radical (unpaired) electrons. The fraction of sp³-hybridized carbons (Fsp3) is 0.312. The highest BCUT2D eigenvalue weighted by atomic mass is 79.9. The van der Waals surface area contributed by atoms with Gasteiger partial charge in [-0.15, -0.1) is 0 Å². The highest BCUT2D eigenvalue weighted by Crippen LogP contribution is 2.25. The number of benzene rings is 1. The minimum atomic E-state index is -3.34. The predicted molar refractivity (Wildman–Crippen MR) is 89.0 cm³/mol. The van der Waals surface area contributed by atoms with E-state index in [1.54, 1.807) is 47.4 Å². The average molecular weight is 398 g/mol. The second kappa shape index (κ2) is 6.49. The van der Waals surface area contributed by atoms with Crippen molar-refractivity contribution < 1.29 is 17.6 Å². The van der Waals surface area contributed by atoms with Crippen LogP contribution < -0.4 is 0 Å². The second-order valence-electron chi connectivity index (χ2n) is 5.45. The first-order chi connectivity index (χ1) is 11.0. The smallest absolute Gasteiger partial charge is 0.289 e. The Labute approximate surface area is 143 Å². The minimum absolute atomic E-state index is 0.203. The molecule has 2 heterocycles. The van der Waals surface area contributed by atoms with Gasteiger partial charge in [0.25, 0.3) is 5.91 Å². The van der Waals surface area contributed by atoms with Gasteiger partial charge in [-0.1, -0.05) is 18.2 Å². The number of rotatable bonds is 3. The number of carbonyl (C=O) groups is 1. The van der Waals surface area contributed by atoms with Crippen molar-refractivity contribution in [3.05, 3.63) is 52.9 Å². The van der Waals surface area contributed by atoms with Crippen molar-refractivity contribution >= 4 is 31.7 Å². The zero-order chi connectivity index (χ0) is 16.4. The SMILES string of the molecule is O=C(c1ccc(Br)o1)N1CCC(S(=O)(=O)c2ccccc2)CC1. The van der Waals surface area contributed by atoms with Gasteiger partial charge in [0.15, 0.2) is 20.3 Å². The van der Waals surface area contributed by atoms with Gasteiger partial charge in [0, 0.05) is 13.1 Å². The first kappa shape index (κ1) is 16.3. The summed E-state index contributed by atoms with van der Waals surface area (Å²) < 4.78 is 31.0. The lowest BCUT2D eigenvalue weighted by atomic mass is 10.1. The normalized spacial score (nSPS) is 16.5. The van der Waals surface area contributed by atoms with Crippen molar-refractivity contribution in [3.63, 3.8) is 0 Å². The van der Waals surface area contributed by atoms with E-state index in [1.807, 2.05) is 0 Å². The summed E-state index contributed by atoms with van der Waals surface area (Å²) in [6.45, 7) is 0.821. The van der Waals surface area contributed by atoms with Crippen LogP contribution in [0.15, 0.2) is 56.4 Å². The summed E-state index contributed by atoms with van der Waals surface area (Å²) in [7, 11) is -3.34. The van der Waals surface area contributed by atoms with Crippen LogP contribution in [0.25, 0.3) is 0 Å². The van der Waals surface area contributed by atoms with Crippen molar-refractivity contribution in [2.45, 2.75) is 23.0 Å². The molecule has 1 aliphatic rings. The fourth-order valence-electron chi connectivity index (χ4n) is 2.76. The van der Waals surface area contributed by atoms with E-state index in [9.17, 15) is 13.2 Å². The molecule has 122 valence electrons. The third kappa shape index (κ3) is 3.35. The molecule has 0 unspecified atom stereocenters. The van der Waals surface area contributed by atoms with Crippen LogP contribution in [0, 0.1) is 0 Å². The maximum atomic E-state index is 12.6. The lowest BCUT2D eigenvalue weighted by molar-refractivity contribution is 0.0692. The first-order valence-corrected chi connectivity index (χ1v) is 9.66. The van der Waals surface area contributed by atoms with Crippen LogP contribution in [0.1, 0.15) is 23.4 Å². The van der Waals surface area contributed by atoms with Crippen molar-refractivity contribution in [2.75, 3.05) is 13.1 Å². The summed E-state index contributed by atoms with van der Waals surface area (Å²) in [6.07, 6.45) is 0.871. The average Bonchev–Trinajstić information content (AvgIpc) is 3.01. The summed E-state index contributed by atoms with van der Waals surface area (Å²) >= 11 is 3.17. The number of likely N-dealkylation sites (tertiary alicyclic amines) is 1. The molecule has 7 heteroatoms. The molecule has 2 aromatic rings. The Morgan fingerprint density at radius 2 is 1.74 bits per heavy atom. The Morgan fingerprint density at radius 1 is 1.09 bits per heavy atom. The number of carbonyl (C=O) groups excluding carboxylic acids is 1. The molecule has 1 aromatic heterocycles. The Kier molecular flexibility index (Phi) is 4.59. The van der Waals surface area contributed by atoms with Gasteiger partial charge < -0.3 is 9.32 Å². The summed E-state index contributed by atoms with van der Waals surface area (Å²) in [5, 5.41) is -0.447. The number of hydrogen-bond acceptors (Lipinski definition) is 4. The zero-order valence-electron chi connectivity index (χ0n) is 12.3. The molecular weight excluding hydrogens is 382 g/mol. The third-order valence-corrected chi connectivity index (χ3v) is 6.73. The van der Waals surface area contributed by atoms with Gasteiger partial charge in [0.05, 0.1) is 10.1 Å². The third-order valence-electron chi connectivity index (χ3n) is 4.02. The van der Waals surface area contributed by atoms with Crippen LogP contribution in [0.3, 0.4) is 0 Å². The van der Waals surface area contributed by atoms with E-state index in [0.717, 1.165) is 0 Å². The van der Waals surface area contributed by atoms with Crippen molar-refractivity contribution in [1.29, 1.82) is 0 Å². The van der Waals surface area contributed by atoms with E-state index in [2.05, 4.69) is 15.9 Å². The van der Waals surface area contributed by atoms with Gasteiger partial charge >= 0.3 is 0 Å². The Hall–Kier alpha value is -1.60. The van der Waals surface area contributed by atoms with Gasteiger partial charge in [-0.3, -0.25) is 4.79 Å². The van der Waals surface area contributed by atoms with Crippen molar-refractivity contribution in [1.82, 2.24) is 4.90 Å². The van der Waals surface area contributed by atoms with Crippen LogP contribution in [-0.4, -0.2) is 37.6 Å². The molecule has 1 aliphatic heterocycles. The van der Waals surface area contributed by atoms with Crippen molar-refractivity contribution in [3.8, 4) is 0 Å². The molecule has 0 atom stereocenters. The molecule has 1 aromatic carbocycles. The van der Waals surface area contributed by atoms with E-state index < -0.39 is 15.1 Å². The van der Waals surface area contributed by atoms with Crippen molar-refractivity contribution in [2.24, 2.45) is 0 Å². The Bertz CT molecular complexity index is 792. The number of hydrogen-bond donors (Lipinski definition) is 0. The molecule has 1 fully saturated rings. The highest BCUT2D eigenvalue weighted by Gasteiger charge is 2.33. The van der Waals surface area contributed by atoms with E-state index in [0.29, 0.717) is 35.5 Å². The summed E-state index contributed by atoms with van der Waals surface area (Å²) in [5.41, 5.74) is 0. The number of halogens is 1. The van der Waals surface area contributed by atoms with E-state index in [-0.39, 0.29) is 11.7 Å². The highest BCUT2D eigenvalue weighted by molar-refractivity contribution is 9.10. The molecule has 0 N–H and O–H groups in total. The van der Waals surface area contributed by atoms with Gasteiger partial charge in [0.2, 0.25) is 0 Å². The summed E-state index contributed by atoms with van der Waals surface area (Å²) in [4.78, 5) is 14.3. The molecule has 5 nitrogen and oxygen atoms in total. The van der Waals surface area contributed by atoms with Gasteiger partial charge in [0.1, 0.15) is 0 Å². The lowest BCUT2D eigenvalue weighted by Gasteiger charge is -2.31.